The Hall–Kier alpha value is -5.52. The van der Waals surface area contributed by atoms with Crippen LogP contribution in [0.5, 0.6) is 23.0 Å². The highest BCUT2D eigenvalue weighted by atomic mass is 19.1. The Labute approximate surface area is 221 Å². The number of hydrogen-bond donors (Lipinski definition) is 2. The molecule has 0 bridgehead atoms. The van der Waals surface area contributed by atoms with E-state index in [2.05, 4.69) is 31.1 Å². The molecule has 0 aliphatic rings. The Morgan fingerprint density at radius 1 is 0.974 bits per heavy atom. The summed E-state index contributed by atoms with van der Waals surface area (Å²) in [6.45, 7) is 0. The normalized spacial score (nSPS) is 10.9. The van der Waals surface area contributed by atoms with E-state index in [4.69, 9.17) is 14.2 Å². The van der Waals surface area contributed by atoms with Crippen molar-refractivity contribution in [1.29, 1.82) is 0 Å². The Bertz CT molecular complexity index is 1640. The largest absolute Gasteiger partial charge is 0.493 e. The van der Waals surface area contributed by atoms with Crippen molar-refractivity contribution >= 4 is 28.8 Å². The standard InChI is InChI=1S/C27H22FN7O4/c1-37-25-13-22-23(14-26(25)38-2)29-12-11-24(22)39-21-9-5-18(6-10-21)31-27(36)33-30-15-19-16-35(34-32-19)20-7-3-17(28)4-8-20/h3-16H,1-2H3,(H2,31,33,36)/b30-15+. The molecule has 0 saturated carbocycles. The fraction of sp³-hybridized carbons (Fsp3) is 0.0741. The molecule has 39 heavy (non-hydrogen) atoms. The van der Waals surface area contributed by atoms with Crippen molar-refractivity contribution in [2.75, 3.05) is 19.5 Å². The zero-order valence-corrected chi connectivity index (χ0v) is 20.8. The van der Waals surface area contributed by atoms with Crippen molar-refractivity contribution in [1.82, 2.24) is 25.4 Å². The van der Waals surface area contributed by atoms with Gasteiger partial charge in [0.2, 0.25) is 0 Å². The third-order valence-corrected chi connectivity index (χ3v) is 5.51. The summed E-state index contributed by atoms with van der Waals surface area (Å²) in [5.41, 5.74) is 4.63. The second-order valence-corrected chi connectivity index (χ2v) is 8.05. The summed E-state index contributed by atoms with van der Waals surface area (Å²) in [6.07, 6.45) is 4.58. The molecular weight excluding hydrogens is 505 g/mol. The number of nitrogens with one attached hydrogen (secondary N) is 2. The predicted octanol–water partition coefficient (Wildman–Crippen LogP) is 4.92. The van der Waals surface area contributed by atoms with Gasteiger partial charge in [-0.25, -0.2) is 19.3 Å². The molecule has 5 rings (SSSR count). The molecule has 0 spiro atoms. The fourth-order valence-electron chi connectivity index (χ4n) is 3.64. The Morgan fingerprint density at radius 2 is 1.72 bits per heavy atom. The first-order chi connectivity index (χ1) is 19.0. The van der Waals surface area contributed by atoms with Gasteiger partial charge in [0.1, 0.15) is 23.0 Å². The number of hydrazone groups is 1. The van der Waals surface area contributed by atoms with Crippen LogP contribution in [-0.2, 0) is 0 Å². The number of methoxy groups -OCH3 is 2. The zero-order chi connectivity index (χ0) is 27.2. The Kier molecular flexibility index (Phi) is 7.26. The first-order valence-corrected chi connectivity index (χ1v) is 11.6. The molecule has 2 aromatic heterocycles. The van der Waals surface area contributed by atoms with Crippen molar-refractivity contribution in [3.05, 3.63) is 90.6 Å². The Balaban J connectivity index is 1.18. The van der Waals surface area contributed by atoms with E-state index in [9.17, 15) is 9.18 Å². The van der Waals surface area contributed by atoms with Crippen LogP contribution < -0.4 is 25.0 Å². The number of urea groups is 1. The molecule has 3 aromatic carbocycles. The van der Waals surface area contributed by atoms with Crippen molar-refractivity contribution in [2.24, 2.45) is 5.10 Å². The second-order valence-electron chi connectivity index (χ2n) is 8.05. The summed E-state index contributed by atoms with van der Waals surface area (Å²) in [7, 11) is 3.13. The molecule has 0 aliphatic carbocycles. The van der Waals surface area contributed by atoms with Crippen molar-refractivity contribution in [3.8, 4) is 28.7 Å². The lowest BCUT2D eigenvalue weighted by molar-refractivity contribution is 0.252. The van der Waals surface area contributed by atoms with E-state index in [0.29, 0.717) is 45.6 Å². The number of carbonyl (C=O) groups is 1. The molecule has 5 aromatic rings. The smallest absolute Gasteiger partial charge is 0.339 e. The first kappa shape index (κ1) is 25.1. The number of benzene rings is 3. The monoisotopic (exact) mass is 527 g/mol. The van der Waals surface area contributed by atoms with Gasteiger partial charge < -0.3 is 19.5 Å². The maximum atomic E-state index is 13.1. The minimum atomic E-state index is -0.549. The number of hydrogen-bond acceptors (Lipinski definition) is 8. The SMILES string of the molecule is COc1cc2nccc(Oc3ccc(NC(=O)N/N=C/c4cn(-c5ccc(F)cc5)nn4)cc3)c2cc1OC. The van der Waals surface area contributed by atoms with E-state index in [1.807, 2.05) is 0 Å². The molecule has 2 heterocycles. The van der Waals surface area contributed by atoms with Crippen molar-refractivity contribution < 1.29 is 23.4 Å². The molecule has 196 valence electrons. The minimum Gasteiger partial charge on any atom is -0.493 e. The van der Waals surface area contributed by atoms with E-state index >= 15 is 0 Å². The average Bonchev–Trinajstić information content (AvgIpc) is 3.42. The van der Waals surface area contributed by atoms with Crippen LogP contribution in [0.4, 0.5) is 14.9 Å². The molecule has 11 nitrogen and oxygen atoms in total. The van der Waals surface area contributed by atoms with Crippen LogP contribution in [0.3, 0.4) is 0 Å². The number of pyridine rings is 1. The summed E-state index contributed by atoms with van der Waals surface area (Å²) in [6, 6.07) is 17.4. The third-order valence-electron chi connectivity index (χ3n) is 5.51. The second kappa shape index (κ2) is 11.3. The van der Waals surface area contributed by atoms with Gasteiger partial charge in [0.05, 0.1) is 37.8 Å². The molecule has 0 unspecified atom stereocenters. The molecular formula is C27H22FN7O4. The van der Waals surface area contributed by atoms with Crippen LogP contribution >= 0.6 is 0 Å². The van der Waals surface area contributed by atoms with Gasteiger partial charge in [-0.2, -0.15) is 5.10 Å². The van der Waals surface area contributed by atoms with Gasteiger partial charge >= 0.3 is 6.03 Å². The van der Waals surface area contributed by atoms with Crippen molar-refractivity contribution in [3.63, 3.8) is 0 Å². The van der Waals surface area contributed by atoms with Gasteiger partial charge in [0.25, 0.3) is 0 Å². The predicted molar refractivity (Wildman–Crippen MR) is 142 cm³/mol. The molecule has 0 atom stereocenters. The van der Waals surface area contributed by atoms with E-state index in [-0.39, 0.29) is 5.82 Å². The number of halogens is 1. The molecule has 2 N–H and O–H groups in total. The number of carbonyl (C=O) groups excluding carboxylic acids is 1. The van der Waals surface area contributed by atoms with Gasteiger partial charge in [0.15, 0.2) is 11.5 Å². The summed E-state index contributed by atoms with van der Waals surface area (Å²) in [5.74, 6) is 1.94. The van der Waals surface area contributed by atoms with Gasteiger partial charge in [-0.1, -0.05) is 5.21 Å². The van der Waals surface area contributed by atoms with E-state index in [0.717, 1.165) is 5.39 Å². The molecule has 12 heteroatoms. The highest BCUT2D eigenvalue weighted by Gasteiger charge is 2.11. The summed E-state index contributed by atoms with van der Waals surface area (Å²) in [4.78, 5) is 16.6. The molecule has 0 saturated heterocycles. The maximum Gasteiger partial charge on any atom is 0.339 e. The highest BCUT2D eigenvalue weighted by Crippen LogP contribution is 2.37. The van der Waals surface area contributed by atoms with Crippen LogP contribution in [-0.4, -0.2) is 46.4 Å². The van der Waals surface area contributed by atoms with Gasteiger partial charge in [-0.15, -0.1) is 5.10 Å². The van der Waals surface area contributed by atoms with E-state index < -0.39 is 6.03 Å². The van der Waals surface area contributed by atoms with Crippen LogP contribution in [0.2, 0.25) is 0 Å². The lowest BCUT2D eigenvalue weighted by Crippen LogP contribution is -2.24. The maximum absolute atomic E-state index is 13.1. The molecule has 0 fully saturated rings. The van der Waals surface area contributed by atoms with Crippen LogP contribution in [0, 0.1) is 5.82 Å². The number of fused-ring (bicyclic) bond motifs is 1. The summed E-state index contributed by atoms with van der Waals surface area (Å²) in [5, 5.41) is 15.2. The molecule has 0 aliphatic heterocycles. The number of amides is 2. The van der Waals surface area contributed by atoms with Crippen molar-refractivity contribution in [2.45, 2.75) is 0 Å². The topological polar surface area (TPSA) is 125 Å². The number of nitrogens with zero attached hydrogens (tertiary/aromatic N) is 5. The number of aromatic nitrogens is 4. The van der Waals surface area contributed by atoms with E-state index in [1.54, 1.807) is 81.2 Å². The van der Waals surface area contributed by atoms with Gasteiger partial charge in [0, 0.05) is 23.3 Å². The lowest BCUT2D eigenvalue weighted by atomic mass is 10.2. The zero-order valence-electron chi connectivity index (χ0n) is 20.8. The van der Waals surface area contributed by atoms with E-state index in [1.165, 1.54) is 23.0 Å². The lowest BCUT2D eigenvalue weighted by Gasteiger charge is -2.12. The molecule has 2 amide bonds. The number of rotatable bonds is 8. The number of anilines is 1. The summed E-state index contributed by atoms with van der Waals surface area (Å²) >= 11 is 0. The summed E-state index contributed by atoms with van der Waals surface area (Å²) < 4.78 is 31.3. The van der Waals surface area contributed by atoms with Gasteiger partial charge in [-0.05, 0) is 60.7 Å². The average molecular weight is 528 g/mol. The highest BCUT2D eigenvalue weighted by molar-refractivity contribution is 5.90. The van der Waals surface area contributed by atoms with Gasteiger partial charge in [-0.3, -0.25) is 4.98 Å². The minimum absolute atomic E-state index is 0.345. The van der Waals surface area contributed by atoms with Crippen LogP contribution in [0.15, 0.2) is 84.2 Å². The third kappa shape index (κ3) is 5.91. The quantitative estimate of drug-likeness (QED) is 0.217. The first-order valence-electron chi connectivity index (χ1n) is 11.6. The van der Waals surface area contributed by atoms with Crippen LogP contribution in [0.25, 0.3) is 16.6 Å². The van der Waals surface area contributed by atoms with Crippen LogP contribution in [0.1, 0.15) is 5.69 Å². The fourth-order valence-corrected chi connectivity index (χ4v) is 3.64. The molecule has 0 radical (unpaired) electrons. The Morgan fingerprint density at radius 3 is 2.46 bits per heavy atom. The number of ether oxygens (including phenoxy) is 3.